The van der Waals surface area contributed by atoms with Crippen LogP contribution in [0.5, 0.6) is 0 Å². The number of benzene rings is 3. The molecule has 1 N–H and O–H groups in total. The van der Waals surface area contributed by atoms with Crippen molar-refractivity contribution in [1.82, 2.24) is 0 Å². The van der Waals surface area contributed by atoms with Crippen molar-refractivity contribution in [3.63, 3.8) is 0 Å². The van der Waals surface area contributed by atoms with Crippen LogP contribution in [0.4, 0.5) is 11.4 Å². The van der Waals surface area contributed by atoms with Gasteiger partial charge in [-0.15, -0.1) is 0 Å². The van der Waals surface area contributed by atoms with Crippen LogP contribution >= 0.6 is 11.8 Å². The fourth-order valence-electron chi connectivity index (χ4n) is 3.24. The third-order valence-electron chi connectivity index (χ3n) is 5.08. The Morgan fingerprint density at radius 1 is 0.938 bits per heavy atom. The molecule has 0 heterocycles. The van der Waals surface area contributed by atoms with E-state index in [0.717, 1.165) is 26.6 Å². The average Bonchev–Trinajstić information content (AvgIpc) is 2.75. The minimum atomic E-state index is -3.45. The van der Waals surface area contributed by atoms with Gasteiger partial charge in [0.05, 0.1) is 17.6 Å². The second-order valence-electron chi connectivity index (χ2n) is 7.67. The first kappa shape index (κ1) is 23.9. The van der Waals surface area contributed by atoms with Crippen molar-refractivity contribution < 1.29 is 13.2 Å². The third kappa shape index (κ3) is 6.61. The second kappa shape index (κ2) is 10.7. The number of nitrogens with zero attached hydrogens (tertiary/aromatic N) is 1. The van der Waals surface area contributed by atoms with Gasteiger partial charge in [0.25, 0.3) is 0 Å². The normalized spacial score (nSPS) is 11.2. The number of amides is 1. The highest BCUT2D eigenvalue weighted by Crippen LogP contribution is 2.33. The van der Waals surface area contributed by atoms with Crippen LogP contribution < -0.4 is 9.62 Å². The zero-order chi connectivity index (χ0) is 23.1. The maximum absolute atomic E-state index is 12.6. The summed E-state index contributed by atoms with van der Waals surface area (Å²) in [4.78, 5) is 14.6. The van der Waals surface area contributed by atoms with Gasteiger partial charge in [0.15, 0.2) is 0 Å². The number of carbonyl (C=O) groups excluding carboxylic acids is 1. The number of hydrogen-bond donors (Lipinski definition) is 1. The van der Waals surface area contributed by atoms with E-state index >= 15 is 0 Å². The number of hydrogen-bond acceptors (Lipinski definition) is 4. The van der Waals surface area contributed by atoms with Gasteiger partial charge < -0.3 is 5.32 Å². The zero-order valence-corrected chi connectivity index (χ0v) is 20.2. The minimum absolute atomic E-state index is 0.139. The second-order valence-corrected chi connectivity index (χ2v) is 10.7. The summed E-state index contributed by atoms with van der Waals surface area (Å²) in [6, 6.07) is 23.2. The first-order valence-corrected chi connectivity index (χ1v) is 13.1. The number of anilines is 2. The lowest BCUT2D eigenvalue weighted by Crippen LogP contribution is -2.31. The van der Waals surface area contributed by atoms with Gasteiger partial charge >= 0.3 is 0 Å². The molecule has 7 heteroatoms. The number of rotatable bonds is 9. The summed E-state index contributed by atoms with van der Waals surface area (Å²) < 4.78 is 26.0. The highest BCUT2D eigenvalue weighted by molar-refractivity contribution is 7.99. The number of aryl methyl sites for hydroxylation is 2. The van der Waals surface area contributed by atoms with Crippen LogP contribution in [0.15, 0.2) is 82.6 Å². The van der Waals surface area contributed by atoms with E-state index in [1.165, 1.54) is 10.6 Å². The topological polar surface area (TPSA) is 66.5 Å². The van der Waals surface area contributed by atoms with E-state index in [0.29, 0.717) is 12.1 Å². The zero-order valence-electron chi connectivity index (χ0n) is 18.5. The van der Waals surface area contributed by atoms with Crippen LogP contribution in [0.1, 0.15) is 24.0 Å². The Kier molecular flexibility index (Phi) is 7.99. The van der Waals surface area contributed by atoms with Gasteiger partial charge in [-0.05, 0) is 67.8 Å². The van der Waals surface area contributed by atoms with E-state index in [4.69, 9.17) is 0 Å². The van der Waals surface area contributed by atoms with Crippen molar-refractivity contribution in [2.45, 2.75) is 36.5 Å². The van der Waals surface area contributed by atoms with Crippen LogP contribution in [0.2, 0.25) is 0 Å². The molecule has 5 nitrogen and oxygen atoms in total. The summed E-state index contributed by atoms with van der Waals surface area (Å²) in [5, 5.41) is 2.97. The molecule has 0 bridgehead atoms. The molecule has 168 valence electrons. The average molecular weight is 469 g/mol. The maximum atomic E-state index is 12.6. The molecule has 3 rings (SSSR count). The summed E-state index contributed by atoms with van der Waals surface area (Å²) in [7, 11) is -3.45. The van der Waals surface area contributed by atoms with Crippen LogP contribution in [-0.2, 0) is 14.8 Å². The van der Waals surface area contributed by atoms with Crippen molar-refractivity contribution in [1.29, 1.82) is 0 Å². The quantitative estimate of drug-likeness (QED) is 0.441. The lowest BCUT2D eigenvalue weighted by molar-refractivity contribution is -0.116. The molecular weight excluding hydrogens is 440 g/mol. The molecule has 0 spiro atoms. The molecule has 0 saturated heterocycles. The van der Waals surface area contributed by atoms with Crippen molar-refractivity contribution in [2.75, 3.05) is 22.4 Å². The van der Waals surface area contributed by atoms with Gasteiger partial charge in [-0.1, -0.05) is 48.2 Å². The van der Waals surface area contributed by atoms with Gasteiger partial charge in [0, 0.05) is 22.8 Å². The molecule has 0 fully saturated rings. The summed E-state index contributed by atoms with van der Waals surface area (Å²) in [5.41, 5.74) is 3.51. The molecule has 3 aromatic carbocycles. The Hall–Kier alpha value is -2.77. The van der Waals surface area contributed by atoms with Crippen LogP contribution in [0.3, 0.4) is 0 Å². The summed E-state index contributed by atoms with van der Waals surface area (Å²) in [5.74, 6) is -0.139. The molecule has 3 aromatic rings. The van der Waals surface area contributed by atoms with E-state index < -0.39 is 10.0 Å². The van der Waals surface area contributed by atoms with Gasteiger partial charge in [-0.2, -0.15) is 0 Å². The number of nitrogens with one attached hydrogen (secondary N) is 1. The lowest BCUT2D eigenvalue weighted by Gasteiger charge is -2.23. The van der Waals surface area contributed by atoms with E-state index in [-0.39, 0.29) is 18.9 Å². The maximum Gasteiger partial charge on any atom is 0.232 e. The number of para-hydroxylation sites is 1. The molecule has 0 aromatic heterocycles. The Balaban J connectivity index is 1.62. The highest BCUT2D eigenvalue weighted by Gasteiger charge is 2.18. The van der Waals surface area contributed by atoms with E-state index in [1.807, 2.05) is 80.6 Å². The van der Waals surface area contributed by atoms with Gasteiger partial charge in [-0.3, -0.25) is 9.10 Å². The Bertz CT molecular complexity index is 1180. The van der Waals surface area contributed by atoms with E-state index in [9.17, 15) is 13.2 Å². The standard InChI is InChI=1S/C25H28N2O3S2/c1-19-15-16-21(18-20(19)2)27(32(3,29)30)17-9-14-25(28)26-23-12-7-8-13-24(23)31-22-10-5-4-6-11-22/h4-8,10-13,15-16,18H,9,14,17H2,1-3H3,(H,26,28). The van der Waals surface area contributed by atoms with Crippen molar-refractivity contribution in [2.24, 2.45) is 0 Å². The predicted molar refractivity (Wildman–Crippen MR) is 133 cm³/mol. The van der Waals surface area contributed by atoms with Gasteiger partial charge in [0.2, 0.25) is 15.9 Å². The van der Waals surface area contributed by atoms with Crippen molar-refractivity contribution in [3.05, 3.63) is 83.9 Å². The molecule has 32 heavy (non-hydrogen) atoms. The summed E-state index contributed by atoms with van der Waals surface area (Å²) in [6.45, 7) is 4.19. The number of carbonyl (C=O) groups is 1. The summed E-state index contributed by atoms with van der Waals surface area (Å²) in [6.07, 6.45) is 1.83. The SMILES string of the molecule is Cc1ccc(N(CCCC(=O)Nc2ccccc2Sc2ccccc2)S(C)(=O)=O)cc1C. The Morgan fingerprint density at radius 2 is 1.62 bits per heavy atom. The van der Waals surface area contributed by atoms with Crippen molar-refractivity contribution in [3.8, 4) is 0 Å². The smallest absolute Gasteiger partial charge is 0.232 e. The van der Waals surface area contributed by atoms with Gasteiger partial charge in [-0.25, -0.2) is 8.42 Å². The fraction of sp³-hybridized carbons (Fsp3) is 0.240. The number of sulfonamides is 1. The monoisotopic (exact) mass is 468 g/mol. The molecule has 0 saturated carbocycles. The first-order valence-electron chi connectivity index (χ1n) is 10.4. The molecule has 0 unspecified atom stereocenters. The van der Waals surface area contributed by atoms with E-state index in [1.54, 1.807) is 17.8 Å². The van der Waals surface area contributed by atoms with E-state index in [2.05, 4.69) is 5.32 Å². The van der Waals surface area contributed by atoms with Crippen LogP contribution in [0.25, 0.3) is 0 Å². The molecule has 0 radical (unpaired) electrons. The fourth-order valence-corrected chi connectivity index (χ4v) is 5.12. The molecule has 0 aliphatic carbocycles. The summed E-state index contributed by atoms with van der Waals surface area (Å²) >= 11 is 1.59. The molecule has 0 atom stereocenters. The van der Waals surface area contributed by atoms with Gasteiger partial charge in [0.1, 0.15) is 0 Å². The largest absolute Gasteiger partial charge is 0.325 e. The third-order valence-corrected chi connectivity index (χ3v) is 7.35. The molecule has 0 aliphatic rings. The van der Waals surface area contributed by atoms with Crippen molar-refractivity contribution >= 4 is 39.1 Å². The molecule has 0 aliphatic heterocycles. The Labute approximate surface area is 194 Å². The lowest BCUT2D eigenvalue weighted by atomic mass is 10.1. The van der Waals surface area contributed by atoms with Crippen LogP contribution in [0, 0.1) is 13.8 Å². The first-order chi connectivity index (χ1) is 15.2. The minimum Gasteiger partial charge on any atom is -0.325 e. The molecular formula is C25H28N2O3S2. The Morgan fingerprint density at radius 3 is 2.31 bits per heavy atom. The molecule has 1 amide bonds. The van der Waals surface area contributed by atoms with Crippen LogP contribution in [-0.4, -0.2) is 27.1 Å². The highest BCUT2D eigenvalue weighted by atomic mass is 32.2. The predicted octanol–water partition coefficient (Wildman–Crippen LogP) is 5.64.